The van der Waals surface area contributed by atoms with E-state index in [9.17, 15) is 23.1 Å². The molecular formula is C14H11ClF3NO2. The van der Waals surface area contributed by atoms with E-state index in [2.05, 4.69) is 5.32 Å². The summed E-state index contributed by atoms with van der Waals surface area (Å²) < 4.78 is 39.5. The first-order chi connectivity index (χ1) is 9.79. The molecule has 0 saturated carbocycles. The van der Waals surface area contributed by atoms with Crippen molar-refractivity contribution in [3.05, 3.63) is 40.4 Å². The van der Waals surface area contributed by atoms with Gasteiger partial charge in [-0.25, -0.2) is 4.79 Å². The first-order valence-electron chi connectivity index (χ1n) is 6.35. The molecule has 21 heavy (non-hydrogen) atoms. The number of halogens is 4. The highest BCUT2D eigenvalue weighted by Crippen LogP contribution is 2.49. The predicted octanol–water partition coefficient (Wildman–Crippen LogP) is 3.90. The summed E-state index contributed by atoms with van der Waals surface area (Å²) in [7, 11) is 0. The minimum absolute atomic E-state index is 0.00398. The molecule has 1 aromatic carbocycles. The number of hydrogen-bond acceptors (Lipinski definition) is 2. The fraction of sp³-hybridized carbons (Fsp3) is 0.357. The second-order valence-corrected chi connectivity index (χ2v) is 5.67. The van der Waals surface area contributed by atoms with Gasteiger partial charge in [0.05, 0.1) is 11.3 Å². The third kappa shape index (κ3) is 2.27. The second kappa shape index (κ2) is 4.66. The van der Waals surface area contributed by atoms with Crippen LogP contribution in [0.4, 0.5) is 18.9 Å². The van der Waals surface area contributed by atoms with Gasteiger partial charge >= 0.3 is 12.1 Å². The molecule has 3 atom stereocenters. The van der Waals surface area contributed by atoms with Crippen molar-refractivity contribution in [1.82, 2.24) is 0 Å². The molecule has 0 radical (unpaired) electrons. The number of carbonyl (C=O) groups is 1. The van der Waals surface area contributed by atoms with E-state index in [1.54, 1.807) is 12.2 Å². The topological polar surface area (TPSA) is 49.3 Å². The standard InChI is InChI=1S/C14H11ClF3NO2/c15-6-4-9-7-2-1-3-8(7)12(13(20)21)19-11(9)10(5-6)14(16,17)18/h1-2,4-5,7-8,12,19H,3H2,(H,20,21). The lowest BCUT2D eigenvalue weighted by Gasteiger charge is -2.36. The van der Waals surface area contributed by atoms with Gasteiger partial charge in [-0.2, -0.15) is 13.2 Å². The molecule has 1 aliphatic heterocycles. The van der Waals surface area contributed by atoms with E-state index in [1.165, 1.54) is 6.07 Å². The van der Waals surface area contributed by atoms with Gasteiger partial charge in [0.25, 0.3) is 0 Å². The third-order valence-corrected chi connectivity index (χ3v) is 4.22. The molecule has 0 spiro atoms. The highest BCUT2D eigenvalue weighted by atomic mass is 35.5. The van der Waals surface area contributed by atoms with Gasteiger partial charge in [0, 0.05) is 16.9 Å². The Morgan fingerprint density at radius 3 is 2.71 bits per heavy atom. The minimum atomic E-state index is -4.60. The van der Waals surface area contributed by atoms with Crippen LogP contribution in [0.2, 0.25) is 5.02 Å². The van der Waals surface area contributed by atoms with E-state index in [1.807, 2.05) is 0 Å². The number of carboxylic acid groups (broad SMARTS) is 1. The van der Waals surface area contributed by atoms with Crippen molar-refractivity contribution in [2.75, 3.05) is 5.32 Å². The summed E-state index contributed by atoms with van der Waals surface area (Å²) in [5.74, 6) is -1.81. The summed E-state index contributed by atoms with van der Waals surface area (Å²) >= 11 is 5.81. The summed E-state index contributed by atoms with van der Waals surface area (Å²) in [6.45, 7) is 0. The van der Waals surface area contributed by atoms with Crippen LogP contribution in [0.1, 0.15) is 23.5 Å². The molecule has 1 heterocycles. The molecule has 0 saturated heterocycles. The zero-order valence-electron chi connectivity index (χ0n) is 10.6. The molecule has 3 unspecified atom stereocenters. The van der Waals surface area contributed by atoms with E-state index in [4.69, 9.17) is 11.6 Å². The van der Waals surface area contributed by atoms with Crippen LogP contribution >= 0.6 is 11.6 Å². The summed E-state index contributed by atoms with van der Waals surface area (Å²) in [5, 5.41) is 11.8. The number of anilines is 1. The molecule has 1 aromatic rings. The lowest BCUT2D eigenvalue weighted by atomic mass is 9.78. The van der Waals surface area contributed by atoms with Gasteiger partial charge in [-0.05, 0) is 24.1 Å². The summed E-state index contributed by atoms with van der Waals surface area (Å²) in [6, 6.07) is 1.26. The normalized spacial score (nSPS) is 27.0. The van der Waals surface area contributed by atoms with Gasteiger partial charge in [-0.1, -0.05) is 23.8 Å². The fourth-order valence-electron chi connectivity index (χ4n) is 3.13. The number of hydrogen-bond donors (Lipinski definition) is 2. The largest absolute Gasteiger partial charge is 0.480 e. The first-order valence-corrected chi connectivity index (χ1v) is 6.73. The van der Waals surface area contributed by atoms with Crippen LogP contribution in [-0.2, 0) is 11.0 Å². The molecule has 0 fully saturated rings. The second-order valence-electron chi connectivity index (χ2n) is 5.23. The van der Waals surface area contributed by atoms with E-state index >= 15 is 0 Å². The van der Waals surface area contributed by atoms with Crippen LogP contribution in [-0.4, -0.2) is 17.1 Å². The number of nitrogens with one attached hydrogen (secondary N) is 1. The Balaban J connectivity index is 2.20. The molecule has 3 rings (SSSR count). The Kier molecular flexibility index (Phi) is 3.16. The van der Waals surface area contributed by atoms with Gasteiger partial charge in [-0.15, -0.1) is 0 Å². The Bertz CT molecular complexity index is 642. The van der Waals surface area contributed by atoms with Crippen molar-refractivity contribution in [3.63, 3.8) is 0 Å². The summed E-state index contributed by atoms with van der Waals surface area (Å²) in [6.07, 6.45) is -0.519. The molecule has 1 aliphatic carbocycles. The Labute approximate surface area is 123 Å². The predicted molar refractivity (Wildman–Crippen MR) is 71.5 cm³/mol. The quantitative estimate of drug-likeness (QED) is 0.772. The van der Waals surface area contributed by atoms with E-state index < -0.39 is 23.8 Å². The number of alkyl halides is 3. The van der Waals surface area contributed by atoms with Gasteiger partial charge in [0.2, 0.25) is 0 Å². The monoisotopic (exact) mass is 317 g/mol. The molecule has 0 bridgehead atoms. The summed E-state index contributed by atoms with van der Waals surface area (Å²) in [4.78, 5) is 11.3. The van der Waals surface area contributed by atoms with Crippen molar-refractivity contribution in [3.8, 4) is 0 Å². The number of benzene rings is 1. The Morgan fingerprint density at radius 2 is 2.10 bits per heavy atom. The van der Waals surface area contributed by atoms with Crippen molar-refractivity contribution < 1.29 is 23.1 Å². The van der Waals surface area contributed by atoms with E-state index in [0.717, 1.165) is 6.07 Å². The van der Waals surface area contributed by atoms with Crippen LogP contribution < -0.4 is 5.32 Å². The molecule has 0 amide bonds. The highest BCUT2D eigenvalue weighted by Gasteiger charge is 2.45. The van der Waals surface area contributed by atoms with Crippen molar-refractivity contribution >= 4 is 23.3 Å². The molecule has 2 N–H and O–H groups in total. The highest BCUT2D eigenvalue weighted by molar-refractivity contribution is 6.30. The Hall–Kier alpha value is -1.69. The van der Waals surface area contributed by atoms with Crippen LogP contribution in [0.15, 0.2) is 24.3 Å². The molecule has 3 nitrogen and oxygen atoms in total. The number of aliphatic carboxylic acids is 1. The Morgan fingerprint density at radius 1 is 1.38 bits per heavy atom. The van der Waals surface area contributed by atoms with Crippen molar-refractivity contribution in [2.45, 2.75) is 24.6 Å². The maximum atomic E-state index is 13.2. The van der Waals surface area contributed by atoms with Crippen LogP contribution in [0.25, 0.3) is 0 Å². The number of rotatable bonds is 1. The zero-order chi connectivity index (χ0) is 15.4. The maximum absolute atomic E-state index is 13.2. The van der Waals surface area contributed by atoms with E-state index in [-0.39, 0.29) is 22.5 Å². The average Bonchev–Trinajstić information content (AvgIpc) is 2.84. The van der Waals surface area contributed by atoms with Crippen LogP contribution in [0.3, 0.4) is 0 Å². The number of allylic oxidation sites excluding steroid dienone is 2. The van der Waals surface area contributed by atoms with Gasteiger partial charge in [-0.3, -0.25) is 0 Å². The zero-order valence-corrected chi connectivity index (χ0v) is 11.4. The average molecular weight is 318 g/mol. The first kappa shape index (κ1) is 14.3. The molecule has 0 aromatic heterocycles. The van der Waals surface area contributed by atoms with E-state index in [0.29, 0.717) is 12.0 Å². The fourth-order valence-corrected chi connectivity index (χ4v) is 3.36. The van der Waals surface area contributed by atoms with Crippen LogP contribution in [0, 0.1) is 5.92 Å². The number of carboxylic acids is 1. The summed E-state index contributed by atoms with van der Waals surface area (Å²) in [5.41, 5.74) is -0.687. The van der Waals surface area contributed by atoms with Crippen molar-refractivity contribution in [1.29, 1.82) is 0 Å². The lowest BCUT2D eigenvalue weighted by molar-refractivity contribution is -0.140. The van der Waals surface area contributed by atoms with Gasteiger partial charge < -0.3 is 10.4 Å². The van der Waals surface area contributed by atoms with Gasteiger partial charge in [0.1, 0.15) is 6.04 Å². The lowest BCUT2D eigenvalue weighted by Crippen LogP contribution is -2.42. The van der Waals surface area contributed by atoms with Gasteiger partial charge in [0.15, 0.2) is 0 Å². The molecule has 112 valence electrons. The number of fused-ring (bicyclic) bond motifs is 3. The smallest absolute Gasteiger partial charge is 0.418 e. The molecular weight excluding hydrogens is 307 g/mol. The van der Waals surface area contributed by atoms with Crippen LogP contribution in [0.5, 0.6) is 0 Å². The van der Waals surface area contributed by atoms with Crippen molar-refractivity contribution in [2.24, 2.45) is 5.92 Å². The maximum Gasteiger partial charge on any atom is 0.418 e. The SMILES string of the molecule is O=C(O)C1Nc2c(cc(Cl)cc2C(F)(F)F)C2C=CCC12. The third-order valence-electron chi connectivity index (χ3n) is 4.01. The molecule has 2 aliphatic rings. The molecule has 7 heteroatoms. The minimum Gasteiger partial charge on any atom is -0.480 e.